The van der Waals surface area contributed by atoms with Crippen LogP contribution in [-0.2, 0) is 14.2 Å². The van der Waals surface area contributed by atoms with Crippen molar-refractivity contribution in [3.05, 3.63) is 20.2 Å². The standard InChI is InChI=1S/C14H24N2O7/c17-15(18)7-5-11-3-1-9-21-13(11)23-14-12(4-2-10-22-14)6-8-16(19)20/h11-14H,1-10H2. The van der Waals surface area contributed by atoms with Gasteiger partial charge in [0.25, 0.3) is 0 Å². The zero-order valence-corrected chi connectivity index (χ0v) is 13.1. The SMILES string of the molecule is O=[N+]([O-])CCC1CCCOC1OC1OCCCC1CC[N+](=O)[O-]. The zero-order chi connectivity index (χ0) is 16.7. The normalized spacial score (nSPS) is 31.7. The molecule has 2 rings (SSSR count). The van der Waals surface area contributed by atoms with Gasteiger partial charge in [0.2, 0.25) is 13.1 Å². The lowest BCUT2D eigenvalue weighted by atomic mass is 9.95. The summed E-state index contributed by atoms with van der Waals surface area (Å²) in [5.74, 6) is -0.0633. The molecule has 0 bridgehead atoms. The largest absolute Gasteiger partial charge is 0.352 e. The first-order valence-corrected chi connectivity index (χ1v) is 8.18. The van der Waals surface area contributed by atoms with E-state index >= 15 is 0 Å². The molecule has 0 N–H and O–H groups in total. The van der Waals surface area contributed by atoms with Crippen molar-refractivity contribution in [2.45, 2.75) is 51.1 Å². The van der Waals surface area contributed by atoms with Crippen molar-refractivity contribution in [1.29, 1.82) is 0 Å². The molecule has 4 unspecified atom stereocenters. The van der Waals surface area contributed by atoms with Gasteiger partial charge in [-0.2, -0.15) is 0 Å². The number of hydrogen-bond donors (Lipinski definition) is 0. The molecular weight excluding hydrogens is 308 g/mol. The molecule has 0 radical (unpaired) electrons. The van der Waals surface area contributed by atoms with Crippen molar-refractivity contribution in [1.82, 2.24) is 0 Å². The van der Waals surface area contributed by atoms with Crippen LogP contribution in [0.2, 0.25) is 0 Å². The summed E-state index contributed by atoms with van der Waals surface area (Å²) in [7, 11) is 0. The Kier molecular flexibility index (Phi) is 7.13. The molecule has 0 saturated carbocycles. The fraction of sp³-hybridized carbons (Fsp3) is 1.00. The summed E-state index contributed by atoms with van der Waals surface area (Å²) in [5, 5.41) is 21.2. The van der Waals surface area contributed by atoms with Gasteiger partial charge in [0.1, 0.15) is 0 Å². The van der Waals surface area contributed by atoms with Crippen molar-refractivity contribution >= 4 is 0 Å². The molecule has 0 aromatic rings. The number of rotatable bonds is 8. The van der Waals surface area contributed by atoms with E-state index < -0.39 is 12.6 Å². The molecule has 2 aliphatic rings. The van der Waals surface area contributed by atoms with Crippen molar-refractivity contribution in [3.8, 4) is 0 Å². The Bertz CT molecular complexity index is 371. The molecule has 2 aliphatic heterocycles. The summed E-state index contributed by atoms with van der Waals surface area (Å²) in [6.45, 7) is 0.909. The summed E-state index contributed by atoms with van der Waals surface area (Å²) in [6.07, 6.45) is 3.13. The molecule has 0 aromatic carbocycles. The maximum Gasteiger partial charge on any atom is 0.204 e. The third-order valence-electron chi connectivity index (χ3n) is 4.41. The zero-order valence-electron chi connectivity index (χ0n) is 13.1. The Morgan fingerprint density at radius 2 is 1.30 bits per heavy atom. The van der Waals surface area contributed by atoms with E-state index in [0.29, 0.717) is 26.1 Å². The Morgan fingerprint density at radius 1 is 0.870 bits per heavy atom. The highest BCUT2D eigenvalue weighted by Crippen LogP contribution is 2.31. The van der Waals surface area contributed by atoms with Crippen molar-refractivity contribution in [2.75, 3.05) is 26.3 Å². The summed E-state index contributed by atoms with van der Waals surface area (Å²) in [6, 6.07) is 0. The van der Waals surface area contributed by atoms with Crippen LogP contribution < -0.4 is 0 Å². The smallest absolute Gasteiger partial charge is 0.204 e. The molecule has 0 amide bonds. The molecular formula is C14H24N2O7. The highest BCUT2D eigenvalue weighted by molar-refractivity contribution is 4.73. The topological polar surface area (TPSA) is 114 Å². The third kappa shape index (κ3) is 6.00. The van der Waals surface area contributed by atoms with Gasteiger partial charge in [-0.15, -0.1) is 0 Å². The van der Waals surface area contributed by atoms with Crippen molar-refractivity contribution in [2.24, 2.45) is 11.8 Å². The second kappa shape index (κ2) is 9.09. The highest BCUT2D eigenvalue weighted by atomic mass is 16.8. The fourth-order valence-electron chi connectivity index (χ4n) is 3.17. The monoisotopic (exact) mass is 332 g/mol. The van der Waals surface area contributed by atoms with E-state index in [1.807, 2.05) is 0 Å². The maximum absolute atomic E-state index is 10.6. The van der Waals surface area contributed by atoms with Gasteiger partial charge >= 0.3 is 0 Å². The minimum absolute atomic E-state index is 0.0316. The Morgan fingerprint density at radius 3 is 1.70 bits per heavy atom. The fourth-order valence-corrected chi connectivity index (χ4v) is 3.17. The summed E-state index contributed by atoms with van der Waals surface area (Å²) < 4.78 is 17.2. The van der Waals surface area contributed by atoms with Crippen LogP contribution in [0.4, 0.5) is 0 Å². The van der Waals surface area contributed by atoms with Crippen LogP contribution in [0.1, 0.15) is 38.5 Å². The molecule has 2 fully saturated rings. The molecule has 132 valence electrons. The highest BCUT2D eigenvalue weighted by Gasteiger charge is 2.35. The van der Waals surface area contributed by atoms with E-state index in [0.717, 1.165) is 25.7 Å². The minimum atomic E-state index is -0.523. The number of nitro groups is 2. The second-order valence-electron chi connectivity index (χ2n) is 6.11. The number of nitrogens with zero attached hydrogens (tertiary/aromatic N) is 2. The minimum Gasteiger partial charge on any atom is -0.352 e. The lowest BCUT2D eigenvalue weighted by Gasteiger charge is -2.37. The van der Waals surface area contributed by atoms with E-state index in [1.165, 1.54) is 0 Å². The van der Waals surface area contributed by atoms with Crippen LogP contribution in [0.15, 0.2) is 0 Å². The van der Waals surface area contributed by atoms with Crippen LogP contribution in [0.3, 0.4) is 0 Å². The maximum atomic E-state index is 10.6. The quantitative estimate of drug-likeness (QED) is 0.492. The third-order valence-corrected chi connectivity index (χ3v) is 4.41. The average Bonchev–Trinajstić information content (AvgIpc) is 2.53. The van der Waals surface area contributed by atoms with Gasteiger partial charge in [0.05, 0.1) is 0 Å². The molecule has 0 spiro atoms. The molecule has 0 aromatic heterocycles. The first-order valence-electron chi connectivity index (χ1n) is 8.18. The number of ether oxygens (including phenoxy) is 3. The van der Waals surface area contributed by atoms with Gasteiger partial charge in [0.15, 0.2) is 12.6 Å². The van der Waals surface area contributed by atoms with Crippen LogP contribution in [0, 0.1) is 32.1 Å². The Balaban J connectivity index is 1.89. The van der Waals surface area contributed by atoms with E-state index in [9.17, 15) is 20.2 Å². The first kappa shape index (κ1) is 18.0. The van der Waals surface area contributed by atoms with E-state index in [4.69, 9.17) is 14.2 Å². The molecule has 23 heavy (non-hydrogen) atoms. The van der Waals surface area contributed by atoms with Gasteiger partial charge < -0.3 is 14.2 Å². The van der Waals surface area contributed by atoms with Gasteiger partial charge in [-0.1, -0.05) is 0 Å². The first-order chi connectivity index (χ1) is 11.1. The predicted molar refractivity (Wildman–Crippen MR) is 79.0 cm³/mol. The second-order valence-corrected chi connectivity index (χ2v) is 6.11. The van der Waals surface area contributed by atoms with Crippen LogP contribution >= 0.6 is 0 Å². The lowest BCUT2D eigenvalue weighted by molar-refractivity contribution is -0.484. The predicted octanol–water partition coefficient (Wildman–Crippen LogP) is 1.84. The Hall–Kier alpha value is -1.32. The van der Waals surface area contributed by atoms with E-state index in [2.05, 4.69) is 0 Å². The van der Waals surface area contributed by atoms with Gasteiger partial charge in [-0.25, -0.2) is 0 Å². The van der Waals surface area contributed by atoms with Crippen LogP contribution in [0.5, 0.6) is 0 Å². The van der Waals surface area contributed by atoms with Crippen molar-refractivity contribution in [3.63, 3.8) is 0 Å². The summed E-state index contributed by atoms with van der Waals surface area (Å²) >= 11 is 0. The molecule has 4 atom stereocenters. The molecule has 2 saturated heterocycles. The number of hydrogen-bond acceptors (Lipinski definition) is 7. The lowest BCUT2D eigenvalue weighted by Crippen LogP contribution is -2.41. The average molecular weight is 332 g/mol. The molecule has 9 nitrogen and oxygen atoms in total. The van der Waals surface area contributed by atoms with Crippen LogP contribution in [-0.4, -0.2) is 48.7 Å². The van der Waals surface area contributed by atoms with Gasteiger partial charge in [0, 0.05) is 47.7 Å². The van der Waals surface area contributed by atoms with Crippen molar-refractivity contribution < 1.29 is 24.1 Å². The van der Waals surface area contributed by atoms with E-state index in [-0.39, 0.29) is 34.8 Å². The summed E-state index contributed by atoms with van der Waals surface area (Å²) in [4.78, 5) is 20.5. The molecule has 2 heterocycles. The molecule has 0 aliphatic carbocycles. The summed E-state index contributed by atoms with van der Waals surface area (Å²) in [5.41, 5.74) is 0. The Labute approximate surface area is 134 Å². The molecule has 9 heteroatoms. The van der Waals surface area contributed by atoms with Crippen LogP contribution in [0.25, 0.3) is 0 Å². The van der Waals surface area contributed by atoms with Gasteiger partial charge in [-0.3, -0.25) is 20.2 Å². The van der Waals surface area contributed by atoms with Gasteiger partial charge in [-0.05, 0) is 25.7 Å². The van der Waals surface area contributed by atoms with E-state index in [1.54, 1.807) is 0 Å².